The maximum absolute atomic E-state index is 12.0. The largest absolute Gasteiger partial charge is 0.494 e. The number of halogens is 1. The predicted molar refractivity (Wildman–Crippen MR) is 102 cm³/mol. The summed E-state index contributed by atoms with van der Waals surface area (Å²) in [5, 5.41) is 12.2. The summed E-state index contributed by atoms with van der Waals surface area (Å²) in [6.45, 7) is 1.90. The van der Waals surface area contributed by atoms with Crippen molar-refractivity contribution < 1.29 is 19.1 Å². The van der Waals surface area contributed by atoms with Gasteiger partial charge in [0.25, 0.3) is 5.91 Å². The van der Waals surface area contributed by atoms with Crippen LogP contribution in [0.25, 0.3) is 6.08 Å². The van der Waals surface area contributed by atoms with E-state index in [-0.39, 0.29) is 5.57 Å². The first-order valence-corrected chi connectivity index (χ1v) is 8.47. The molecule has 0 aromatic heterocycles. The first-order chi connectivity index (χ1) is 13.0. The van der Waals surface area contributed by atoms with Crippen LogP contribution in [0.15, 0.2) is 54.1 Å². The van der Waals surface area contributed by atoms with Gasteiger partial charge in [-0.05, 0) is 48.9 Å². The van der Waals surface area contributed by atoms with Gasteiger partial charge in [0, 0.05) is 10.7 Å². The van der Waals surface area contributed by atoms with Crippen molar-refractivity contribution in [2.45, 2.75) is 6.92 Å². The average Bonchev–Trinajstić information content (AvgIpc) is 2.66. The summed E-state index contributed by atoms with van der Waals surface area (Å²) < 4.78 is 10.2. The molecule has 0 heterocycles. The number of anilines is 1. The minimum Gasteiger partial charge on any atom is -0.494 e. The van der Waals surface area contributed by atoms with Crippen molar-refractivity contribution in [3.63, 3.8) is 0 Å². The summed E-state index contributed by atoms with van der Waals surface area (Å²) in [7, 11) is 0. The summed E-state index contributed by atoms with van der Waals surface area (Å²) in [5.74, 6) is -0.731. The molecule has 0 aliphatic heterocycles. The van der Waals surface area contributed by atoms with Crippen molar-refractivity contribution in [1.82, 2.24) is 0 Å². The molecule has 0 spiro atoms. The lowest BCUT2D eigenvalue weighted by Crippen LogP contribution is -2.21. The third-order valence-electron chi connectivity index (χ3n) is 3.29. The van der Waals surface area contributed by atoms with E-state index in [0.29, 0.717) is 28.6 Å². The molecule has 0 fully saturated rings. The molecule has 0 aliphatic rings. The Labute approximate surface area is 162 Å². The van der Waals surface area contributed by atoms with Crippen LogP contribution in [-0.2, 0) is 14.3 Å². The van der Waals surface area contributed by atoms with Gasteiger partial charge in [0.05, 0.1) is 6.61 Å². The molecule has 0 unspecified atom stereocenters. The van der Waals surface area contributed by atoms with Crippen LogP contribution < -0.4 is 10.1 Å². The standard InChI is InChI=1S/C20H17ClN2O4/c1-2-26-18-8-6-14(7-9-18)10-15(12-22)20(25)27-13-19(24)23-17-5-3-4-16(21)11-17/h3-11H,2,13H2,1H3,(H,23,24)/b15-10+. The summed E-state index contributed by atoms with van der Waals surface area (Å²) in [5.41, 5.74) is 0.902. The molecule has 0 saturated carbocycles. The van der Waals surface area contributed by atoms with Gasteiger partial charge in [0.15, 0.2) is 6.61 Å². The molecular formula is C20H17ClN2O4. The average molecular weight is 385 g/mol. The van der Waals surface area contributed by atoms with Crippen molar-refractivity contribution >= 4 is 35.2 Å². The van der Waals surface area contributed by atoms with Gasteiger partial charge >= 0.3 is 5.97 Å². The first kappa shape index (κ1) is 20.0. The number of esters is 1. The molecule has 0 aliphatic carbocycles. The zero-order chi connectivity index (χ0) is 19.6. The fourth-order valence-corrected chi connectivity index (χ4v) is 2.29. The van der Waals surface area contributed by atoms with Crippen LogP contribution in [0.2, 0.25) is 5.02 Å². The molecule has 0 atom stereocenters. The van der Waals surface area contributed by atoms with Crippen molar-refractivity contribution in [2.24, 2.45) is 0 Å². The second-order valence-corrected chi connectivity index (χ2v) is 5.74. The number of rotatable bonds is 7. The number of carbonyl (C=O) groups excluding carboxylic acids is 2. The van der Waals surface area contributed by atoms with E-state index in [1.165, 1.54) is 6.08 Å². The Hall–Kier alpha value is -3.30. The van der Waals surface area contributed by atoms with Gasteiger partial charge in [-0.2, -0.15) is 5.26 Å². The molecule has 2 aromatic carbocycles. The third kappa shape index (κ3) is 6.49. The van der Waals surface area contributed by atoms with Crippen LogP contribution >= 0.6 is 11.6 Å². The highest BCUT2D eigenvalue weighted by Crippen LogP contribution is 2.16. The van der Waals surface area contributed by atoms with Crippen LogP contribution in [-0.4, -0.2) is 25.1 Å². The minimum atomic E-state index is -0.882. The topological polar surface area (TPSA) is 88.4 Å². The number of amides is 1. The van der Waals surface area contributed by atoms with Crippen LogP contribution in [0.1, 0.15) is 12.5 Å². The van der Waals surface area contributed by atoms with Gasteiger partial charge in [-0.3, -0.25) is 4.79 Å². The molecule has 1 N–H and O–H groups in total. The zero-order valence-electron chi connectivity index (χ0n) is 14.6. The van der Waals surface area contributed by atoms with Gasteiger partial charge in [0.1, 0.15) is 17.4 Å². The lowest BCUT2D eigenvalue weighted by molar-refractivity contribution is -0.142. The number of ether oxygens (including phenoxy) is 2. The van der Waals surface area contributed by atoms with E-state index in [2.05, 4.69) is 5.32 Å². The number of benzene rings is 2. The van der Waals surface area contributed by atoms with Crippen LogP contribution in [0, 0.1) is 11.3 Å². The minimum absolute atomic E-state index is 0.213. The Kier molecular flexibility index (Phi) is 7.41. The Morgan fingerprint density at radius 3 is 2.59 bits per heavy atom. The summed E-state index contributed by atoms with van der Waals surface area (Å²) in [6.07, 6.45) is 1.38. The van der Waals surface area contributed by atoms with E-state index in [1.54, 1.807) is 54.6 Å². The number of nitriles is 1. The highest BCUT2D eigenvalue weighted by atomic mass is 35.5. The second kappa shape index (κ2) is 10.00. The molecule has 1 amide bonds. The number of nitrogens with zero attached hydrogens (tertiary/aromatic N) is 1. The zero-order valence-corrected chi connectivity index (χ0v) is 15.3. The van der Waals surface area contributed by atoms with Crippen molar-refractivity contribution in [3.8, 4) is 11.8 Å². The Balaban J connectivity index is 1.94. The molecule has 0 bridgehead atoms. The fraction of sp³-hybridized carbons (Fsp3) is 0.150. The molecular weight excluding hydrogens is 368 g/mol. The fourth-order valence-electron chi connectivity index (χ4n) is 2.10. The summed E-state index contributed by atoms with van der Waals surface area (Å²) >= 11 is 5.83. The molecule has 2 aromatic rings. The predicted octanol–water partition coefficient (Wildman–Crippen LogP) is 3.83. The molecule has 27 heavy (non-hydrogen) atoms. The molecule has 0 radical (unpaired) electrons. The maximum Gasteiger partial charge on any atom is 0.349 e. The molecule has 7 heteroatoms. The van der Waals surface area contributed by atoms with Crippen LogP contribution in [0.4, 0.5) is 5.69 Å². The lowest BCUT2D eigenvalue weighted by Gasteiger charge is -2.06. The van der Waals surface area contributed by atoms with E-state index in [4.69, 9.17) is 26.3 Å². The molecule has 2 rings (SSSR count). The highest BCUT2D eigenvalue weighted by molar-refractivity contribution is 6.30. The number of hydrogen-bond acceptors (Lipinski definition) is 5. The van der Waals surface area contributed by atoms with E-state index in [1.807, 2.05) is 6.92 Å². The molecule has 6 nitrogen and oxygen atoms in total. The van der Waals surface area contributed by atoms with Crippen molar-refractivity contribution in [1.29, 1.82) is 5.26 Å². The quantitative estimate of drug-likeness (QED) is 0.445. The van der Waals surface area contributed by atoms with Gasteiger partial charge in [0.2, 0.25) is 0 Å². The van der Waals surface area contributed by atoms with E-state index in [9.17, 15) is 9.59 Å². The van der Waals surface area contributed by atoms with Crippen LogP contribution in [0.3, 0.4) is 0 Å². The van der Waals surface area contributed by atoms with Gasteiger partial charge < -0.3 is 14.8 Å². The normalized spacial score (nSPS) is 10.6. The van der Waals surface area contributed by atoms with Gasteiger partial charge in [-0.15, -0.1) is 0 Å². The summed E-state index contributed by atoms with van der Waals surface area (Å²) in [4.78, 5) is 23.9. The smallest absolute Gasteiger partial charge is 0.349 e. The van der Waals surface area contributed by atoms with E-state index in [0.717, 1.165) is 0 Å². The maximum atomic E-state index is 12.0. The summed E-state index contributed by atoms with van der Waals surface area (Å²) in [6, 6.07) is 15.2. The highest BCUT2D eigenvalue weighted by Gasteiger charge is 2.13. The Morgan fingerprint density at radius 1 is 1.22 bits per heavy atom. The number of hydrogen-bond donors (Lipinski definition) is 1. The van der Waals surface area contributed by atoms with Gasteiger partial charge in [-0.1, -0.05) is 29.8 Å². The van der Waals surface area contributed by atoms with E-state index >= 15 is 0 Å². The molecule has 138 valence electrons. The molecule has 0 saturated heterocycles. The van der Waals surface area contributed by atoms with E-state index < -0.39 is 18.5 Å². The van der Waals surface area contributed by atoms with Crippen molar-refractivity contribution in [3.05, 3.63) is 64.7 Å². The first-order valence-electron chi connectivity index (χ1n) is 8.09. The SMILES string of the molecule is CCOc1ccc(/C=C(\C#N)C(=O)OCC(=O)Nc2cccc(Cl)c2)cc1. The van der Waals surface area contributed by atoms with Crippen LogP contribution in [0.5, 0.6) is 5.75 Å². The second-order valence-electron chi connectivity index (χ2n) is 5.31. The third-order valence-corrected chi connectivity index (χ3v) is 3.52. The lowest BCUT2D eigenvalue weighted by atomic mass is 10.1. The number of nitrogens with one attached hydrogen (secondary N) is 1. The van der Waals surface area contributed by atoms with Crippen molar-refractivity contribution in [2.75, 3.05) is 18.5 Å². The number of carbonyl (C=O) groups is 2. The monoisotopic (exact) mass is 384 g/mol. The Bertz CT molecular complexity index is 886. The van der Waals surface area contributed by atoms with Gasteiger partial charge in [-0.25, -0.2) is 4.79 Å². The Morgan fingerprint density at radius 2 is 1.96 bits per heavy atom.